The Morgan fingerprint density at radius 3 is 2.14 bits per heavy atom. The SMILES string of the molecule is CC1=CC(=O)C2=C(CC3C(=CCC4C(=O)N(c5cc(C(F)(F)F)cc(C(F)(F)F)c5)C(=O)C43)C2c2cc(Br)ccc2O)C1=O. The zero-order valence-electron chi connectivity index (χ0n) is 22.5. The second-order valence-electron chi connectivity index (χ2n) is 11.2. The number of phenols is 1. The molecule has 1 fully saturated rings. The van der Waals surface area contributed by atoms with E-state index in [1.807, 2.05) is 0 Å². The molecule has 6 rings (SSSR count). The molecule has 13 heteroatoms. The van der Waals surface area contributed by atoms with Crippen LogP contribution in [0.15, 0.2) is 75.3 Å². The van der Waals surface area contributed by atoms with Crippen LogP contribution in [0, 0.1) is 17.8 Å². The number of anilines is 1. The molecule has 2 aromatic carbocycles. The van der Waals surface area contributed by atoms with Crippen molar-refractivity contribution >= 4 is 45.0 Å². The fourth-order valence-electron chi connectivity index (χ4n) is 6.82. The topological polar surface area (TPSA) is 91.8 Å². The number of carbonyl (C=O) groups excluding carboxylic acids is 4. The van der Waals surface area contributed by atoms with Crippen molar-refractivity contribution in [2.75, 3.05) is 4.90 Å². The first kappa shape index (κ1) is 30.0. The average molecular weight is 680 g/mol. The number of benzene rings is 2. The number of nitrogens with zero attached hydrogens (tertiary/aromatic N) is 1. The number of halogens is 7. The van der Waals surface area contributed by atoms with Gasteiger partial charge in [0.25, 0.3) is 0 Å². The predicted octanol–water partition coefficient (Wildman–Crippen LogP) is 6.83. The van der Waals surface area contributed by atoms with Gasteiger partial charge in [0, 0.05) is 32.7 Å². The van der Waals surface area contributed by atoms with Crippen LogP contribution in [0.25, 0.3) is 0 Å². The summed E-state index contributed by atoms with van der Waals surface area (Å²) in [5.41, 5.74) is -3.18. The van der Waals surface area contributed by atoms with E-state index in [4.69, 9.17) is 0 Å². The fourth-order valence-corrected chi connectivity index (χ4v) is 7.19. The fraction of sp³-hybridized carbons (Fsp3) is 0.290. The van der Waals surface area contributed by atoms with Gasteiger partial charge in [0.2, 0.25) is 11.8 Å². The van der Waals surface area contributed by atoms with Crippen molar-refractivity contribution < 1.29 is 50.6 Å². The Bertz CT molecular complexity index is 1750. The Labute approximate surface area is 253 Å². The lowest BCUT2D eigenvalue weighted by molar-refractivity contribution is -0.143. The summed E-state index contributed by atoms with van der Waals surface area (Å²) in [5.74, 6) is -7.41. The van der Waals surface area contributed by atoms with E-state index in [0.717, 1.165) is 0 Å². The number of fused-ring (bicyclic) bond motifs is 3. The highest BCUT2D eigenvalue weighted by atomic mass is 79.9. The smallest absolute Gasteiger partial charge is 0.416 e. The first-order valence-electron chi connectivity index (χ1n) is 13.3. The number of allylic oxidation sites excluding steroid dienone is 6. The second-order valence-corrected chi connectivity index (χ2v) is 12.1. The van der Waals surface area contributed by atoms with Crippen LogP contribution in [0.3, 0.4) is 0 Å². The molecule has 0 bridgehead atoms. The van der Waals surface area contributed by atoms with Gasteiger partial charge >= 0.3 is 12.4 Å². The highest BCUT2D eigenvalue weighted by Crippen LogP contribution is 2.56. The number of amides is 2. The predicted molar refractivity (Wildman–Crippen MR) is 146 cm³/mol. The molecule has 44 heavy (non-hydrogen) atoms. The normalized spacial score (nSPS) is 25.5. The Balaban J connectivity index is 1.49. The summed E-state index contributed by atoms with van der Waals surface area (Å²) in [5, 5.41) is 10.8. The van der Waals surface area contributed by atoms with E-state index in [-0.39, 0.29) is 46.9 Å². The summed E-state index contributed by atoms with van der Waals surface area (Å²) in [7, 11) is 0. The van der Waals surface area contributed by atoms with Gasteiger partial charge in [0.1, 0.15) is 5.75 Å². The van der Waals surface area contributed by atoms with Crippen LogP contribution in [0.1, 0.15) is 42.4 Å². The van der Waals surface area contributed by atoms with Gasteiger partial charge in [-0.1, -0.05) is 27.6 Å². The number of hydrogen-bond acceptors (Lipinski definition) is 5. The Morgan fingerprint density at radius 2 is 1.52 bits per heavy atom. The Hall–Kier alpha value is -4.00. The molecule has 228 valence electrons. The number of rotatable bonds is 2. The minimum absolute atomic E-state index is 0.0827. The minimum atomic E-state index is -5.20. The van der Waals surface area contributed by atoms with Crippen molar-refractivity contribution in [3.05, 3.63) is 92.0 Å². The van der Waals surface area contributed by atoms with E-state index in [1.54, 1.807) is 18.2 Å². The van der Waals surface area contributed by atoms with E-state index in [0.29, 0.717) is 27.1 Å². The third-order valence-corrected chi connectivity index (χ3v) is 9.19. The zero-order chi connectivity index (χ0) is 32.0. The van der Waals surface area contributed by atoms with Crippen molar-refractivity contribution in [2.45, 2.75) is 38.0 Å². The number of carbonyl (C=O) groups is 4. The largest absolute Gasteiger partial charge is 0.508 e. The standard InChI is InChI=1S/C31H20BrF6NO5/c1-12-6-23(41)26-21(27(12)42)11-19-17(24(26)20-10-15(32)2-5-22(20)40)3-4-18-25(19)29(44)39(28(18)43)16-8-13(30(33,34)35)7-14(9-16)31(36,37)38/h2-3,5-10,18-19,24-25,40H,4,11H2,1H3. The van der Waals surface area contributed by atoms with Crippen LogP contribution in [-0.4, -0.2) is 28.5 Å². The van der Waals surface area contributed by atoms with Crippen LogP contribution in [-0.2, 0) is 31.5 Å². The summed E-state index contributed by atoms with van der Waals surface area (Å²) in [6, 6.07) is 5.06. The van der Waals surface area contributed by atoms with Gasteiger partial charge in [-0.15, -0.1) is 0 Å². The molecule has 2 amide bonds. The van der Waals surface area contributed by atoms with Gasteiger partial charge in [-0.2, -0.15) is 26.3 Å². The zero-order valence-corrected chi connectivity index (χ0v) is 24.1. The lowest BCUT2D eigenvalue weighted by atomic mass is 9.59. The van der Waals surface area contributed by atoms with E-state index in [2.05, 4.69) is 15.9 Å². The van der Waals surface area contributed by atoms with Crippen molar-refractivity contribution in [1.82, 2.24) is 0 Å². The molecule has 0 saturated carbocycles. The molecule has 3 aliphatic carbocycles. The van der Waals surface area contributed by atoms with Gasteiger partial charge < -0.3 is 5.11 Å². The monoisotopic (exact) mass is 679 g/mol. The van der Waals surface area contributed by atoms with E-state index in [1.165, 1.54) is 19.1 Å². The van der Waals surface area contributed by atoms with E-state index in [9.17, 15) is 50.6 Å². The van der Waals surface area contributed by atoms with Gasteiger partial charge in [-0.05, 0) is 68.2 Å². The molecule has 1 aliphatic heterocycles. The van der Waals surface area contributed by atoms with Crippen molar-refractivity contribution in [3.63, 3.8) is 0 Å². The van der Waals surface area contributed by atoms with Crippen molar-refractivity contribution in [2.24, 2.45) is 17.8 Å². The van der Waals surface area contributed by atoms with Crippen molar-refractivity contribution in [3.8, 4) is 5.75 Å². The number of ketones is 2. The summed E-state index contributed by atoms with van der Waals surface area (Å²) < 4.78 is 82.1. The quantitative estimate of drug-likeness (QED) is 0.163. The molecule has 4 aliphatic rings. The molecule has 4 atom stereocenters. The molecular formula is C31H20BrF6NO5. The lowest BCUT2D eigenvalue weighted by Gasteiger charge is -2.42. The molecule has 1 saturated heterocycles. The van der Waals surface area contributed by atoms with E-state index >= 15 is 0 Å². The van der Waals surface area contributed by atoms with Crippen LogP contribution in [0.4, 0.5) is 32.0 Å². The number of phenolic OH excluding ortho intramolecular Hbond substituents is 1. The number of aromatic hydroxyl groups is 1. The lowest BCUT2D eigenvalue weighted by Crippen LogP contribution is -2.39. The van der Waals surface area contributed by atoms with Crippen molar-refractivity contribution in [1.29, 1.82) is 0 Å². The van der Waals surface area contributed by atoms with Crippen LogP contribution in [0.2, 0.25) is 0 Å². The summed E-state index contributed by atoms with van der Waals surface area (Å²) in [6.45, 7) is 1.45. The number of imide groups is 1. The van der Waals surface area contributed by atoms with Gasteiger partial charge in [-0.3, -0.25) is 19.2 Å². The maximum Gasteiger partial charge on any atom is 0.416 e. The van der Waals surface area contributed by atoms with Gasteiger partial charge in [0.15, 0.2) is 11.6 Å². The number of Topliss-reactive ketones (excluding diaryl/α,β-unsaturated/α-hetero) is 1. The molecule has 1 heterocycles. The van der Waals surface area contributed by atoms with Gasteiger partial charge in [-0.25, -0.2) is 4.90 Å². The molecule has 0 aromatic heterocycles. The summed E-state index contributed by atoms with van der Waals surface area (Å²) >= 11 is 3.34. The third kappa shape index (κ3) is 4.63. The molecule has 0 radical (unpaired) electrons. The summed E-state index contributed by atoms with van der Waals surface area (Å²) in [4.78, 5) is 54.6. The third-order valence-electron chi connectivity index (χ3n) is 8.69. The molecular weight excluding hydrogens is 660 g/mol. The van der Waals surface area contributed by atoms with Crippen LogP contribution < -0.4 is 4.90 Å². The highest BCUT2D eigenvalue weighted by molar-refractivity contribution is 9.10. The minimum Gasteiger partial charge on any atom is -0.508 e. The maximum atomic E-state index is 13.9. The average Bonchev–Trinajstić information content (AvgIpc) is 3.20. The highest BCUT2D eigenvalue weighted by Gasteiger charge is 2.57. The van der Waals surface area contributed by atoms with Crippen LogP contribution in [0.5, 0.6) is 5.75 Å². The first-order chi connectivity index (χ1) is 20.5. The Morgan fingerprint density at radius 1 is 0.886 bits per heavy atom. The molecule has 6 nitrogen and oxygen atoms in total. The number of alkyl halides is 6. The van der Waals surface area contributed by atoms with Crippen LogP contribution >= 0.6 is 15.9 Å². The molecule has 2 aromatic rings. The second kappa shape index (κ2) is 10.0. The molecule has 1 N–H and O–H groups in total. The van der Waals surface area contributed by atoms with E-state index < -0.39 is 76.2 Å². The molecule has 0 spiro atoms. The maximum absolute atomic E-state index is 13.9. The Kier molecular flexibility index (Phi) is 6.84. The first-order valence-corrected chi connectivity index (χ1v) is 14.1. The molecule has 4 unspecified atom stereocenters. The van der Waals surface area contributed by atoms with Gasteiger partial charge in [0.05, 0.1) is 28.7 Å². The summed E-state index contributed by atoms with van der Waals surface area (Å²) in [6.07, 6.45) is -7.86. The number of hydrogen-bond donors (Lipinski definition) is 1.